The SMILES string of the molecule is Cc1cc(C(=O)COC(=O)c2ccc(N3CCOCC3)c([N+](=O)[O-])c2)c(C)n1-c1ccccc1. The molecule has 3 aromatic rings. The molecule has 0 atom stereocenters. The van der Waals surface area contributed by atoms with Crippen molar-refractivity contribution in [3.05, 3.63) is 87.2 Å². The van der Waals surface area contributed by atoms with Crippen molar-refractivity contribution in [2.75, 3.05) is 37.8 Å². The fraction of sp³-hybridized carbons (Fsp3) is 0.280. The number of hydrogen-bond donors (Lipinski definition) is 0. The van der Waals surface area contributed by atoms with Crippen molar-refractivity contribution >= 4 is 23.1 Å². The molecule has 0 unspecified atom stereocenters. The van der Waals surface area contributed by atoms with Crippen LogP contribution in [-0.2, 0) is 9.47 Å². The van der Waals surface area contributed by atoms with Gasteiger partial charge in [0.15, 0.2) is 6.61 Å². The first-order chi connectivity index (χ1) is 16.4. The highest BCUT2D eigenvalue weighted by molar-refractivity contribution is 6.00. The largest absolute Gasteiger partial charge is 0.454 e. The number of ether oxygens (including phenoxy) is 2. The maximum absolute atomic E-state index is 12.8. The second kappa shape index (κ2) is 9.88. The summed E-state index contributed by atoms with van der Waals surface area (Å²) in [6.07, 6.45) is 0. The Hall–Kier alpha value is -3.98. The zero-order valence-electron chi connectivity index (χ0n) is 19.0. The van der Waals surface area contributed by atoms with Crippen LogP contribution in [0.15, 0.2) is 54.6 Å². The fourth-order valence-electron chi connectivity index (χ4n) is 4.18. The predicted molar refractivity (Wildman–Crippen MR) is 126 cm³/mol. The maximum atomic E-state index is 12.8. The number of morpholine rings is 1. The van der Waals surface area contributed by atoms with Crippen LogP contribution >= 0.6 is 0 Å². The van der Waals surface area contributed by atoms with Crippen LogP contribution in [-0.4, -0.2) is 54.2 Å². The molecule has 9 nitrogen and oxygen atoms in total. The minimum absolute atomic E-state index is 0.0197. The molecule has 1 fully saturated rings. The van der Waals surface area contributed by atoms with Crippen LogP contribution in [0.4, 0.5) is 11.4 Å². The quantitative estimate of drug-likeness (QED) is 0.227. The molecule has 0 saturated carbocycles. The summed E-state index contributed by atoms with van der Waals surface area (Å²) >= 11 is 0. The molecule has 34 heavy (non-hydrogen) atoms. The Balaban J connectivity index is 1.48. The maximum Gasteiger partial charge on any atom is 0.338 e. The zero-order valence-corrected chi connectivity index (χ0v) is 19.0. The molecule has 0 bridgehead atoms. The second-order valence-corrected chi connectivity index (χ2v) is 8.02. The number of esters is 1. The number of aryl methyl sites for hydroxylation is 1. The van der Waals surface area contributed by atoms with E-state index in [4.69, 9.17) is 9.47 Å². The molecule has 9 heteroatoms. The molecule has 0 spiro atoms. The van der Waals surface area contributed by atoms with Crippen molar-refractivity contribution < 1.29 is 24.0 Å². The Morgan fingerprint density at radius 2 is 1.76 bits per heavy atom. The lowest BCUT2D eigenvalue weighted by Gasteiger charge is -2.28. The lowest BCUT2D eigenvalue weighted by Crippen LogP contribution is -2.36. The number of hydrogen-bond acceptors (Lipinski definition) is 7. The van der Waals surface area contributed by atoms with Gasteiger partial charge in [0.05, 0.1) is 23.7 Å². The van der Waals surface area contributed by atoms with E-state index in [2.05, 4.69) is 0 Å². The summed E-state index contributed by atoms with van der Waals surface area (Å²) in [5.74, 6) is -1.13. The van der Waals surface area contributed by atoms with Gasteiger partial charge in [0, 0.05) is 41.8 Å². The van der Waals surface area contributed by atoms with E-state index in [-0.39, 0.29) is 17.0 Å². The number of nitro groups is 1. The molecule has 0 N–H and O–H groups in total. The van der Waals surface area contributed by atoms with E-state index in [1.54, 1.807) is 6.07 Å². The van der Waals surface area contributed by atoms with Gasteiger partial charge in [-0.2, -0.15) is 0 Å². The zero-order chi connectivity index (χ0) is 24.2. The Morgan fingerprint density at radius 1 is 1.06 bits per heavy atom. The number of Topliss-reactive ketones (excluding diaryl/α,β-unsaturated/α-hetero) is 1. The van der Waals surface area contributed by atoms with E-state index in [0.717, 1.165) is 17.1 Å². The van der Waals surface area contributed by atoms with E-state index in [9.17, 15) is 19.7 Å². The van der Waals surface area contributed by atoms with Crippen LogP contribution in [0.3, 0.4) is 0 Å². The van der Waals surface area contributed by atoms with E-state index >= 15 is 0 Å². The van der Waals surface area contributed by atoms with Crippen molar-refractivity contribution in [3.63, 3.8) is 0 Å². The third-order valence-corrected chi connectivity index (χ3v) is 5.84. The van der Waals surface area contributed by atoms with Crippen LogP contribution in [0.1, 0.15) is 32.1 Å². The summed E-state index contributed by atoms with van der Waals surface area (Å²) in [5.41, 5.74) is 3.28. The monoisotopic (exact) mass is 463 g/mol. The highest BCUT2D eigenvalue weighted by Gasteiger charge is 2.24. The van der Waals surface area contributed by atoms with Gasteiger partial charge in [0.2, 0.25) is 5.78 Å². The number of aromatic nitrogens is 1. The van der Waals surface area contributed by atoms with Crippen molar-refractivity contribution in [2.24, 2.45) is 0 Å². The number of nitrogens with zero attached hydrogens (tertiary/aromatic N) is 3. The molecular formula is C25H25N3O6. The molecule has 1 aliphatic rings. The number of carbonyl (C=O) groups excluding carboxylic acids is 2. The van der Waals surface area contributed by atoms with Crippen LogP contribution in [0, 0.1) is 24.0 Å². The van der Waals surface area contributed by atoms with Gasteiger partial charge in [-0.3, -0.25) is 14.9 Å². The summed E-state index contributed by atoms with van der Waals surface area (Å²) in [6.45, 7) is 5.29. The van der Waals surface area contributed by atoms with Gasteiger partial charge in [-0.15, -0.1) is 0 Å². The Morgan fingerprint density at radius 3 is 2.44 bits per heavy atom. The molecule has 1 saturated heterocycles. The van der Waals surface area contributed by atoms with E-state index in [1.807, 2.05) is 53.6 Å². The number of ketones is 1. The number of para-hydroxylation sites is 1. The molecule has 1 aliphatic heterocycles. The molecule has 0 radical (unpaired) electrons. The van der Waals surface area contributed by atoms with Crippen molar-refractivity contribution in [3.8, 4) is 5.69 Å². The third kappa shape index (κ3) is 4.69. The first kappa shape index (κ1) is 23.2. The topological polar surface area (TPSA) is 104 Å². The summed E-state index contributed by atoms with van der Waals surface area (Å²) in [7, 11) is 0. The number of benzene rings is 2. The average molecular weight is 463 g/mol. The Kier molecular flexibility index (Phi) is 6.74. The molecule has 0 amide bonds. The van der Waals surface area contributed by atoms with E-state index < -0.39 is 17.5 Å². The average Bonchev–Trinajstić information content (AvgIpc) is 3.16. The normalized spacial score (nSPS) is 13.5. The van der Waals surface area contributed by atoms with E-state index in [0.29, 0.717) is 37.6 Å². The van der Waals surface area contributed by atoms with Crippen molar-refractivity contribution in [2.45, 2.75) is 13.8 Å². The van der Waals surface area contributed by atoms with Crippen molar-refractivity contribution in [1.29, 1.82) is 0 Å². The predicted octanol–water partition coefficient (Wildman–Crippen LogP) is 3.88. The summed E-state index contributed by atoms with van der Waals surface area (Å²) < 4.78 is 12.5. The lowest BCUT2D eigenvalue weighted by atomic mass is 10.1. The first-order valence-corrected chi connectivity index (χ1v) is 10.9. The summed E-state index contributed by atoms with van der Waals surface area (Å²) in [6, 6.07) is 15.6. The number of nitro benzene ring substituents is 1. The first-order valence-electron chi connectivity index (χ1n) is 10.9. The smallest absolute Gasteiger partial charge is 0.338 e. The molecule has 1 aromatic heterocycles. The van der Waals surface area contributed by atoms with Gasteiger partial charge in [-0.05, 0) is 44.2 Å². The highest BCUT2D eigenvalue weighted by Crippen LogP contribution is 2.30. The minimum Gasteiger partial charge on any atom is -0.454 e. The molecule has 2 aromatic carbocycles. The van der Waals surface area contributed by atoms with Gasteiger partial charge in [0.1, 0.15) is 5.69 Å². The fourth-order valence-corrected chi connectivity index (χ4v) is 4.18. The van der Waals surface area contributed by atoms with Crippen LogP contribution in [0.25, 0.3) is 5.69 Å². The number of rotatable bonds is 7. The molecule has 4 rings (SSSR count). The van der Waals surface area contributed by atoms with Gasteiger partial charge < -0.3 is 18.9 Å². The third-order valence-electron chi connectivity index (χ3n) is 5.84. The number of anilines is 1. The van der Waals surface area contributed by atoms with Crippen molar-refractivity contribution in [1.82, 2.24) is 4.57 Å². The van der Waals surface area contributed by atoms with Crippen LogP contribution in [0.5, 0.6) is 0 Å². The lowest BCUT2D eigenvalue weighted by molar-refractivity contribution is -0.384. The second-order valence-electron chi connectivity index (χ2n) is 8.02. The summed E-state index contributed by atoms with van der Waals surface area (Å²) in [5, 5.41) is 11.6. The van der Waals surface area contributed by atoms with E-state index in [1.165, 1.54) is 18.2 Å². The van der Waals surface area contributed by atoms with Crippen LogP contribution in [0.2, 0.25) is 0 Å². The standard InChI is InChI=1S/C25H25N3O6/c1-17-14-21(18(2)27(17)20-6-4-3-5-7-20)24(29)16-34-25(30)19-8-9-22(23(15-19)28(31)32)26-10-12-33-13-11-26/h3-9,14-15H,10-13,16H2,1-2H3. The van der Waals surface area contributed by atoms with Gasteiger partial charge in [-0.25, -0.2) is 4.79 Å². The highest BCUT2D eigenvalue weighted by atomic mass is 16.6. The molecule has 0 aliphatic carbocycles. The number of carbonyl (C=O) groups is 2. The van der Waals surface area contributed by atoms with Gasteiger partial charge in [-0.1, -0.05) is 18.2 Å². The van der Waals surface area contributed by atoms with Gasteiger partial charge in [0.25, 0.3) is 5.69 Å². The molecule has 176 valence electrons. The molecular weight excluding hydrogens is 438 g/mol. The Labute approximate surface area is 196 Å². The Bertz CT molecular complexity index is 1230. The summed E-state index contributed by atoms with van der Waals surface area (Å²) in [4.78, 5) is 38.3. The van der Waals surface area contributed by atoms with Gasteiger partial charge >= 0.3 is 5.97 Å². The van der Waals surface area contributed by atoms with Crippen LogP contribution < -0.4 is 4.90 Å². The minimum atomic E-state index is -0.790. The molecule has 2 heterocycles.